The molecule has 5 heteroatoms. The summed E-state index contributed by atoms with van der Waals surface area (Å²) in [7, 11) is 0. The lowest BCUT2D eigenvalue weighted by Crippen LogP contribution is -2.49. The highest BCUT2D eigenvalue weighted by Gasteiger charge is 2.20. The maximum Gasteiger partial charge on any atom is 0.225 e. The number of hydrogen-bond donors (Lipinski definition) is 0. The Hall–Kier alpha value is -0.680. The molecular formula is C12H19BrN4. The second-order valence-corrected chi connectivity index (χ2v) is 5.20. The SMILES string of the molecule is CC(C)N1CCN(c2ncc(CBr)cn2)CC1. The minimum atomic E-state index is 0.633. The number of hydrogen-bond acceptors (Lipinski definition) is 4. The quantitative estimate of drug-likeness (QED) is 0.798. The molecule has 0 N–H and O–H groups in total. The van der Waals surface area contributed by atoms with Crippen LogP contribution in [0.15, 0.2) is 12.4 Å². The molecule has 1 aromatic rings. The van der Waals surface area contributed by atoms with Crippen LogP contribution in [0.3, 0.4) is 0 Å². The molecule has 0 atom stereocenters. The maximum atomic E-state index is 4.41. The van der Waals surface area contributed by atoms with Gasteiger partial charge in [0.15, 0.2) is 0 Å². The predicted molar refractivity (Wildman–Crippen MR) is 73.6 cm³/mol. The molecule has 0 amide bonds. The average molecular weight is 299 g/mol. The van der Waals surface area contributed by atoms with Crippen molar-refractivity contribution in [3.63, 3.8) is 0 Å². The van der Waals surface area contributed by atoms with Crippen molar-refractivity contribution in [1.82, 2.24) is 14.9 Å². The van der Waals surface area contributed by atoms with Crippen LogP contribution < -0.4 is 4.90 Å². The molecule has 17 heavy (non-hydrogen) atoms. The lowest BCUT2D eigenvalue weighted by Gasteiger charge is -2.36. The van der Waals surface area contributed by atoms with Crippen molar-refractivity contribution in [3.05, 3.63) is 18.0 Å². The van der Waals surface area contributed by atoms with Gasteiger partial charge in [-0.1, -0.05) is 15.9 Å². The van der Waals surface area contributed by atoms with E-state index in [4.69, 9.17) is 0 Å². The number of rotatable bonds is 3. The van der Waals surface area contributed by atoms with Gasteiger partial charge in [-0.15, -0.1) is 0 Å². The van der Waals surface area contributed by atoms with Gasteiger partial charge in [-0.05, 0) is 19.4 Å². The fourth-order valence-electron chi connectivity index (χ4n) is 2.02. The fourth-order valence-corrected chi connectivity index (χ4v) is 2.31. The highest BCUT2D eigenvalue weighted by molar-refractivity contribution is 9.08. The molecule has 0 unspecified atom stereocenters. The van der Waals surface area contributed by atoms with Crippen LogP contribution in [0.1, 0.15) is 19.4 Å². The Morgan fingerprint density at radius 3 is 2.24 bits per heavy atom. The van der Waals surface area contributed by atoms with Gasteiger partial charge in [0.1, 0.15) is 0 Å². The second-order valence-electron chi connectivity index (χ2n) is 4.64. The van der Waals surface area contributed by atoms with Gasteiger partial charge >= 0.3 is 0 Å². The van der Waals surface area contributed by atoms with Gasteiger partial charge in [-0.3, -0.25) is 4.90 Å². The van der Waals surface area contributed by atoms with E-state index in [-0.39, 0.29) is 0 Å². The largest absolute Gasteiger partial charge is 0.338 e. The normalized spacial score (nSPS) is 17.8. The third kappa shape index (κ3) is 3.16. The van der Waals surface area contributed by atoms with Crippen molar-refractivity contribution in [1.29, 1.82) is 0 Å². The van der Waals surface area contributed by atoms with E-state index in [9.17, 15) is 0 Å². The van der Waals surface area contributed by atoms with E-state index in [1.807, 2.05) is 12.4 Å². The molecule has 0 aromatic carbocycles. The standard InChI is InChI=1S/C12H19BrN4/c1-10(2)16-3-5-17(6-4-16)12-14-8-11(7-13)9-15-12/h8-10H,3-7H2,1-2H3. The topological polar surface area (TPSA) is 32.3 Å². The molecule has 1 aliphatic rings. The zero-order valence-corrected chi connectivity index (χ0v) is 12.0. The van der Waals surface area contributed by atoms with Gasteiger partial charge in [0.05, 0.1) is 0 Å². The molecule has 1 aliphatic heterocycles. The minimum absolute atomic E-state index is 0.633. The third-order valence-electron chi connectivity index (χ3n) is 3.17. The third-order valence-corrected chi connectivity index (χ3v) is 3.82. The number of piperazine rings is 1. The fraction of sp³-hybridized carbons (Fsp3) is 0.667. The summed E-state index contributed by atoms with van der Waals surface area (Å²) in [4.78, 5) is 13.6. The summed E-state index contributed by atoms with van der Waals surface area (Å²) >= 11 is 3.40. The van der Waals surface area contributed by atoms with Crippen molar-refractivity contribution in [2.24, 2.45) is 0 Å². The van der Waals surface area contributed by atoms with Gasteiger partial charge in [0, 0.05) is 49.9 Å². The van der Waals surface area contributed by atoms with Gasteiger partial charge in [0.2, 0.25) is 5.95 Å². The van der Waals surface area contributed by atoms with Crippen molar-refractivity contribution >= 4 is 21.9 Å². The molecule has 1 fully saturated rings. The summed E-state index contributed by atoms with van der Waals surface area (Å²) < 4.78 is 0. The molecule has 1 aromatic heterocycles. The van der Waals surface area contributed by atoms with E-state index in [2.05, 4.69) is 49.5 Å². The first-order valence-corrected chi connectivity index (χ1v) is 7.18. The predicted octanol–water partition coefficient (Wildman–Crippen LogP) is 1.90. The Morgan fingerprint density at radius 1 is 1.18 bits per heavy atom. The second kappa shape index (κ2) is 5.78. The van der Waals surface area contributed by atoms with E-state index in [1.54, 1.807) is 0 Å². The summed E-state index contributed by atoms with van der Waals surface area (Å²) in [5, 5.41) is 0.814. The Labute approximate surface area is 111 Å². The number of nitrogens with zero attached hydrogens (tertiary/aromatic N) is 4. The molecule has 0 radical (unpaired) electrons. The van der Waals surface area contributed by atoms with Crippen molar-refractivity contribution in [2.45, 2.75) is 25.2 Å². The molecule has 2 heterocycles. The number of anilines is 1. The molecule has 0 spiro atoms. The maximum absolute atomic E-state index is 4.41. The summed E-state index contributed by atoms with van der Waals surface area (Å²) in [6.07, 6.45) is 3.79. The lowest BCUT2D eigenvalue weighted by molar-refractivity contribution is 0.208. The molecule has 0 aliphatic carbocycles. The Bertz CT molecular complexity index is 344. The van der Waals surface area contributed by atoms with Crippen LogP contribution in [-0.2, 0) is 5.33 Å². The van der Waals surface area contributed by atoms with Crippen LogP contribution >= 0.6 is 15.9 Å². The molecule has 94 valence electrons. The summed E-state index contributed by atoms with van der Waals surface area (Å²) in [6.45, 7) is 8.73. The Kier molecular flexibility index (Phi) is 4.34. The summed E-state index contributed by atoms with van der Waals surface area (Å²) in [5.41, 5.74) is 1.12. The monoisotopic (exact) mass is 298 g/mol. The molecule has 0 saturated carbocycles. The van der Waals surface area contributed by atoms with Crippen LogP contribution in [0.2, 0.25) is 0 Å². The first kappa shape index (κ1) is 12.8. The Balaban J connectivity index is 1.95. The first-order valence-electron chi connectivity index (χ1n) is 6.06. The number of alkyl halides is 1. The highest BCUT2D eigenvalue weighted by atomic mass is 79.9. The smallest absolute Gasteiger partial charge is 0.225 e. The number of halogens is 1. The highest BCUT2D eigenvalue weighted by Crippen LogP contribution is 2.13. The summed E-state index contributed by atoms with van der Waals surface area (Å²) in [5.74, 6) is 0.859. The van der Waals surface area contributed by atoms with Gasteiger partial charge in [-0.25, -0.2) is 9.97 Å². The van der Waals surface area contributed by atoms with E-state index in [1.165, 1.54) is 0 Å². The van der Waals surface area contributed by atoms with Crippen molar-refractivity contribution in [3.8, 4) is 0 Å². The molecule has 4 nitrogen and oxygen atoms in total. The van der Waals surface area contributed by atoms with E-state index >= 15 is 0 Å². The van der Waals surface area contributed by atoms with Crippen LogP contribution in [0.5, 0.6) is 0 Å². The number of aromatic nitrogens is 2. The van der Waals surface area contributed by atoms with E-state index in [0.717, 1.165) is 43.0 Å². The zero-order chi connectivity index (χ0) is 12.3. The average Bonchev–Trinajstić information content (AvgIpc) is 2.39. The first-order chi connectivity index (χ1) is 8.20. The zero-order valence-electron chi connectivity index (χ0n) is 10.4. The van der Waals surface area contributed by atoms with E-state index in [0.29, 0.717) is 6.04 Å². The van der Waals surface area contributed by atoms with Crippen molar-refractivity contribution in [2.75, 3.05) is 31.1 Å². The molecule has 2 rings (SSSR count). The van der Waals surface area contributed by atoms with Crippen LogP contribution in [0.4, 0.5) is 5.95 Å². The van der Waals surface area contributed by atoms with Crippen molar-refractivity contribution < 1.29 is 0 Å². The van der Waals surface area contributed by atoms with Crippen LogP contribution in [-0.4, -0.2) is 47.1 Å². The molecule has 0 bridgehead atoms. The van der Waals surface area contributed by atoms with Crippen LogP contribution in [0, 0.1) is 0 Å². The van der Waals surface area contributed by atoms with Crippen LogP contribution in [0.25, 0.3) is 0 Å². The summed E-state index contributed by atoms with van der Waals surface area (Å²) in [6, 6.07) is 0.633. The lowest BCUT2D eigenvalue weighted by atomic mass is 10.2. The molecular weight excluding hydrogens is 280 g/mol. The van der Waals surface area contributed by atoms with Gasteiger partial charge in [0.25, 0.3) is 0 Å². The van der Waals surface area contributed by atoms with Gasteiger partial charge in [-0.2, -0.15) is 0 Å². The Morgan fingerprint density at radius 2 is 1.76 bits per heavy atom. The molecule has 1 saturated heterocycles. The van der Waals surface area contributed by atoms with E-state index < -0.39 is 0 Å². The van der Waals surface area contributed by atoms with Gasteiger partial charge < -0.3 is 4.90 Å². The minimum Gasteiger partial charge on any atom is -0.338 e.